The summed E-state index contributed by atoms with van der Waals surface area (Å²) >= 11 is 0. The van der Waals surface area contributed by atoms with Crippen LogP contribution in [-0.2, 0) is 22.6 Å². The monoisotopic (exact) mass is 421 g/mol. The Labute approximate surface area is 181 Å². The van der Waals surface area contributed by atoms with Crippen LogP contribution >= 0.6 is 0 Å². The lowest BCUT2D eigenvalue weighted by atomic mass is 9.85. The third-order valence-electron chi connectivity index (χ3n) is 6.24. The Bertz CT molecular complexity index is 942. The first-order valence-electron chi connectivity index (χ1n) is 10.6. The van der Waals surface area contributed by atoms with E-state index in [-0.39, 0.29) is 12.5 Å². The molecule has 8 nitrogen and oxygen atoms in total. The number of piperidine rings is 1. The molecule has 1 aromatic carbocycles. The van der Waals surface area contributed by atoms with Crippen LogP contribution < -0.4 is 5.73 Å². The second-order valence-electron chi connectivity index (χ2n) is 8.19. The number of hydrogen-bond acceptors (Lipinski definition) is 5. The van der Waals surface area contributed by atoms with Crippen LogP contribution in [-0.4, -0.2) is 69.2 Å². The first kappa shape index (κ1) is 21.0. The zero-order valence-electron chi connectivity index (χ0n) is 17.4. The van der Waals surface area contributed by atoms with E-state index in [2.05, 4.69) is 9.88 Å². The van der Waals surface area contributed by atoms with Crippen molar-refractivity contribution < 1.29 is 14.4 Å². The van der Waals surface area contributed by atoms with Crippen LogP contribution in [0.5, 0.6) is 0 Å². The summed E-state index contributed by atoms with van der Waals surface area (Å²) in [7, 11) is 0. The Morgan fingerprint density at radius 1 is 1.00 bits per heavy atom. The van der Waals surface area contributed by atoms with Crippen LogP contribution in [0.2, 0.25) is 0 Å². The highest BCUT2D eigenvalue weighted by molar-refractivity contribution is 6.09. The molecule has 31 heavy (non-hydrogen) atoms. The van der Waals surface area contributed by atoms with Crippen molar-refractivity contribution in [3.05, 3.63) is 66.0 Å². The van der Waals surface area contributed by atoms with Gasteiger partial charge in [0.2, 0.25) is 5.91 Å². The van der Waals surface area contributed by atoms with Crippen LogP contribution in [0.1, 0.15) is 24.0 Å². The molecule has 4 amide bonds. The number of hydrogen-bond donors (Lipinski definition) is 1. The van der Waals surface area contributed by atoms with Crippen molar-refractivity contribution in [3.8, 4) is 0 Å². The summed E-state index contributed by atoms with van der Waals surface area (Å²) in [6.07, 6.45) is 5.26. The van der Waals surface area contributed by atoms with Gasteiger partial charge in [-0.1, -0.05) is 30.3 Å². The average molecular weight is 422 g/mol. The summed E-state index contributed by atoms with van der Waals surface area (Å²) in [5.41, 5.74) is 6.67. The predicted octanol–water partition coefficient (Wildman–Crippen LogP) is 1.41. The Morgan fingerprint density at radius 3 is 2.32 bits per heavy atom. The molecule has 8 heteroatoms. The highest BCUT2D eigenvalue weighted by Gasteiger charge is 2.57. The number of nitrogens with two attached hydrogens (primary N) is 1. The van der Waals surface area contributed by atoms with Gasteiger partial charge >= 0.3 is 6.03 Å². The molecule has 162 valence electrons. The summed E-state index contributed by atoms with van der Waals surface area (Å²) < 4.78 is 0. The van der Waals surface area contributed by atoms with Crippen molar-refractivity contribution in [1.82, 2.24) is 19.7 Å². The van der Waals surface area contributed by atoms with Crippen molar-refractivity contribution in [1.29, 1.82) is 0 Å². The lowest BCUT2D eigenvalue weighted by molar-refractivity contribution is -0.137. The minimum absolute atomic E-state index is 0.298. The topological polar surface area (TPSA) is 99.8 Å². The molecule has 0 bridgehead atoms. The Kier molecular flexibility index (Phi) is 5.99. The number of nitrogens with zero attached hydrogens (tertiary/aromatic N) is 4. The second-order valence-corrected chi connectivity index (χ2v) is 8.19. The number of benzene rings is 1. The molecule has 4 rings (SSSR count). The highest BCUT2D eigenvalue weighted by atomic mass is 16.2. The molecule has 1 aromatic heterocycles. The number of imide groups is 1. The third kappa shape index (κ3) is 4.29. The van der Waals surface area contributed by atoms with E-state index in [0.717, 1.165) is 22.6 Å². The Morgan fingerprint density at radius 2 is 1.68 bits per heavy atom. The van der Waals surface area contributed by atoms with Crippen molar-refractivity contribution >= 4 is 17.8 Å². The molecule has 3 heterocycles. The molecular formula is C23H27N5O3. The molecule has 0 radical (unpaired) electrons. The van der Waals surface area contributed by atoms with E-state index in [1.807, 2.05) is 42.5 Å². The molecule has 0 saturated carbocycles. The van der Waals surface area contributed by atoms with E-state index < -0.39 is 17.5 Å². The fraction of sp³-hybridized carbons (Fsp3) is 0.391. The minimum atomic E-state index is -0.907. The van der Waals surface area contributed by atoms with Crippen molar-refractivity contribution in [3.63, 3.8) is 0 Å². The predicted molar refractivity (Wildman–Crippen MR) is 115 cm³/mol. The van der Waals surface area contributed by atoms with Crippen molar-refractivity contribution in [2.24, 2.45) is 5.73 Å². The van der Waals surface area contributed by atoms with Gasteiger partial charge in [0.05, 0.1) is 0 Å². The Hall–Kier alpha value is -3.26. The molecule has 2 saturated heterocycles. The number of pyridine rings is 1. The van der Waals surface area contributed by atoms with Gasteiger partial charge in [-0.3, -0.25) is 24.4 Å². The van der Waals surface area contributed by atoms with Gasteiger partial charge in [0.25, 0.3) is 5.91 Å². The zero-order valence-corrected chi connectivity index (χ0v) is 17.4. The number of carbonyl (C=O) groups excluding carboxylic acids is 3. The molecular weight excluding hydrogens is 394 g/mol. The number of primary amides is 1. The minimum Gasteiger partial charge on any atom is -0.368 e. The van der Waals surface area contributed by atoms with E-state index in [4.69, 9.17) is 5.73 Å². The maximum absolute atomic E-state index is 13.3. The van der Waals surface area contributed by atoms with Crippen LogP contribution in [0, 0.1) is 0 Å². The number of aromatic nitrogens is 1. The van der Waals surface area contributed by atoms with Gasteiger partial charge in [0.1, 0.15) is 12.1 Å². The summed E-state index contributed by atoms with van der Waals surface area (Å²) in [6.45, 7) is 2.20. The maximum Gasteiger partial charge on any atom is 0.328 e. The maximum atomic E-state index is 13.3. The number of amides is 4. The van der Waals surface area contributed by atoms with Crippen LogP contribution in [0.25, 0.3) is 0 Å². The molecule has 0 unspecified atom stereocenters. The highest BCUT2D eigenvalue weighted by Crippen LogP contribution is 2.37. The molecule has 2 aliphatic rings. The van der Waals surface area contributed by atoms with Gasteiger partial charge in [-0.15, -0.1) is 0 Å². The number of rotatable bonds is 7. The van der Waals surface area contributed by atoms with Crippen molar-refractivity contribution in [2.75, 3.05) is 26.2 Å². The van der Waals surface area contributed by atoms with E-state index in [0.29, 0.717) is 38.9 Å². The second kappa shape index (κ2) is 8.85. The summed E-state index contributed by atoms with van der Waals surface area (Å²) in [6, 6.07) is 13.4. The summed E-state index contributed by atoms with van der Waals surface area (Å²) in [4.78, 5) is 47.0. The van der Waals surface area contributed by atoms with Crippen LogP contribution in [0.15, 0.2) is 54.9 Å². The van der Waals surface area contributed by atoms with Gasteiger partial charge in [-0.25, -0.2) is 4.79 Å². The summed E-state index contributed by atoms with van der Waals surface area (Å²) in [5, 5.41) is 0. The van der Waals surface area contributed by atoms with E-state index in [9.17, 15) is 14.4 Å². The molecule has 0 atom stereocenters. The van der Waals surface area contributed by atoms with Gasteiger partial charge in [-0.2, -0.15) is 0 Å². The zero-order chi connectivity index (χ0) is 21.8. The first-order chi connectivity index (χ1) is 15.0. The molecule has 2 fully saturated rings. The molecule has 1 spiro atoms. The standard InChI is InChI=1S/C23H27N5O3/c24-20(29)17-27-21(30)23(28(22(27)31)13-8-18-4-2-1-3-5-18)9-14-26(15-10-23)16-19-6-11-25-12-7-19/h1-7,11-12H,8-10,13-17H2,(H2,24,29). The van der Waals surface area contributed by atoms with Crippen LogP contribution in [0.3, 0.4) is 0 Å². The quantitative estimate of drug-likeness (QED) is 0.682. The van der Waals surface area contributed by atoms with Gasteiger partial charge in [0, 0.05) is 38.6 Å². The largest absolute Gasteiger partial charge is 0.368 e. The first-order valence-corrected chi connectivity index (χ1v) is 10.6. The molecule has 0 aliphatic carbocycles. The Balaban J connectivity index is 1.51. The van der Waals surface area contributed by atoms with Crippen molar-refractivity contribution in [2.45, 2.75) is 31.3 Å². The number of carbonyl (C=O) groups is 3. The van der Waals surface area contributed by atoms with E-state index >= 15 is 0 Å². The molecule has 2 aliphatic heterocycles. The fourth-order valence-corrected chi connectivity index (χ4v) is 4.58. The fourth-order valence-electron chi connectivity index (χ4n) is 4.58. The van der Waals surface area contributed by atoms with Gasteiger partial charge in [-0.05, 0) is 42.5 Å². The van der Waals surface area contributed by atoms with Crippen LogP contribution in [0.4, 0.5) is 4.79 Å². The average Bonchev–Trinajstić information content (AvgIpc) is 2.96. The number of likely N-dealkylation sites (tertiary alicyclic amines) is 1. The van der Waals surface area contributed by atoms with Gasteiger partial charge in [0.15, 0.2) is 0 Å². The van der Waals surface area contributed by atoms with E-state index in [1.54, 1.807) is 17.3 Å². The molecule has 2 aromatic rings. The SMILES string of the molecule is NC(=O)CN1C(=O)N(CCc2ccccc2)C2(CCN(Cc3ccncc3)CC2)C1=O. The summed E-state index contributed by atoms with van der Waals surface area (Å²) in [5.74, 6) is -0.982. The lowest BCUT2D eigenvalue weighted by Gasteiger charge is -2.42. The smallest absolute Gasteiger partial charge is 0.328 e. The van der Waals surface area contributed by atoms with Gasteiger partial charge < -0.3 is 10.6 Å². The normalized spacial score (nSPS) is 18.7. The van der Waals surface area contributed by atoms with E-state index in [1.165, 1.54) is 0 Å². The lowest BCUT2D eigenvalue weighted by Crippen LogP contribution is -2.56. The third-order valence-corrected chi connectivity index (χ3v) is 6.24. The molecule has 2 N–H and O–H groups in total. The number of urea groups is 1.